The van der Waals surface area contributed by atoms with Crippen molar-refractivity contribution in [3.05, 3.63) is 108 Å². The van der Waals surface area contributed by atoms with Gasteiger partial charge in [0.1, 0.15) is 18.2 Å². The van der Waals surface area contributed by atoms with Crippen LogP contribution in [0.25, 0.3) is 0 Å². The zero-order chi connectivity index (χ0) is 24.0. The largest absolute Gasteiger partial charge is 0.444 e. The zero-order valence-electron chi connectivity index (χ0n) is 19.6. The van der Waals surface area contributed by atoms with Crippen molar-refractivity contribution in [1.29, 1.82) is 0 Å². The van der Waals surface area contributed by atoms with Gasteiger partial charge in [-0.05, 0) is 23.1 Å². The number of hydrogen-bond acceptors (Lipinski definition) is 5. The summed E-state index contributed by atoms with van der Waals surface area (Å²) in [5.74, 6) is -0.204. The molecule has 1 saturated heterocycles. The first kappa shape index (κ1) is 23.5. The quantitative estimate of drug-likeness (QED) is 0.494. The van der Waals surface area contributed by atoms with Crippen molar-refractivity contribution in [3.63, 3.8) is 0 Å². The molecule has 0 spiro atoms. The lowest BCUT2D eigenvalue weighted by Gasteiger charge is -2.44. The number of aliphatic hydroxyl groups is 1. The molecular weight excluding hydrogens is 442 g/mol. The predicted molar refractivity (Wildman–Crippen MR) is 131 cm³/mol. The van der Waals surface area contributed by atoms with Gasteiger partial charge in [-0.15, -0.1) is 0 Å². The van der Waals surface area contributed by atoms with Gasteiger partial charge in [0.15, 0.2) is 0 Å². The van der Waals surface area contributed by atoms with E-state index >= 15 is 0 Å². The maximum atomic E-state index is 13.0. The van der Waals surface area contributed by atoms with Gasteiger partial charge in [0.25, 0.3) is 0 Å². The molecule has 0 radical (unpaired) electrons. The monoisotopic (exact) mass is 473 g/mol. The van der Waals surface area contributed by atoms with E-state index in [1.807, 2.05) is 91.0 Å². The first-order valence-corrected chi connectivity index (χ1v) is 12.2. The van der Waals surface area contributed by atoms with Gasteiger partial charge < -0.3 is 19.3 Å². The fourth-order valence-corrected chi connectivity index (χ4v) is 5.15. The molecule has 1 aliphatic heterocycles. The zero-order valence-corrected chi connectivity index (χ0v) is 19.6. The van der Waals surface area contributed by atoms with Crippen molar-refractivity contribution >= 4 is 6.09 Å². The average Bonchev–Trinajstić information content (AvgIpc) is 3.22. The fourth-order valence-electron chi connectivity index (χ4n) is 5.15. The van der Waals surface area contributed by atoms with Gasteiger partial charge in [0.05, 0.1) is 19.3 Å². The molecule has 1 saturated carbocycles. The summed E-state index contributed by atoms with van der Waals surface area (Å²) in [6.07, 6.45) is -1.02. The lowest BCUT2D eigenvalue weighted by atomic mass is 9.79. The lowest BCUT2D eigenvalue weighted by molar-refractivity contribution is -0.168. The van der Waals surface area contributed by atoms with Crippen molar-refractivity contribution in [2.45, 2.75) is 50.5 Å². The van der Waals surface area contributed by atoms with E-state index in [1.165, 1.54) is 0 Å². The molecule has 0 bridgehead atoms. The summed E-state index contributed by atoms with van der Waals surface area (Å²) in [5, 5.41) is 10.3. The molecule has 5 unspecified atom stereocenters. The molecule has 182 valence electrons. The SMILES string of the molecule is O=C1OC2CC(CO)C(OCc3ccccc3)C(OCc3ccccc3)C2N1Cc1ccccc1. The lowest BCUT2D eigenvalue weighted by Crippen LogP contribution is -2.59. The van der Waals surface area contributed by atoms with E-state index in [-0.39, 0.29) is 30.8 Å². The molecule has 1 amide bonds. The minimum Gasteiger partial charge on any atom is -0.444 e. The standard InChI is InChI=1S/C29H31NO5/c31-18-24-16-25-26(30(29(32)35-25)17-21-10-4-1-5-11-21)28(34-20-23-14-8-3-9-15-23)27(24)33-19-22-12-6-2-7-13-22/h1-15,24-28,31H,16-20H2. The van der Waals surface area contributed by atoms with Gasteiger partial charge in [-0.3, -0.25) is 4.90 Å². The number of rotatable bonds is 9. The highest BCUT2D eigenvalue weighted by atomic mass is 16.6. The summed E-state index contributed by atoms with van der Waals surface area (Å²) in [6, 6.07) is 29.5. The fraction of sp³-hybridized carbons (Fsp3) is 0.345. The number of benzene rings is 3. The van der Waals surface area contributed by atoms with E-state index in [2.05, 4.69) is 0 Å². The molecule has 1 N–H and O–H groups in total. The minimum atomic E-state index is -0.454. The first-order chi connectivity index (χ1) is 17.2. The molecule has 5 atom stereocenters. The Labute approximate surface area is 206 Å². The molecule has 2 fully saturated rings. The van der Waals surface area contributed by atoms with Gasteiger partial charge in [-0.25, -0.2) is 4.79 Å². The molecule has 6 nitrogen and oxygen atoms in total. The number of carbonyl (C=O) groups excluding carboxylic acids is 1. The topological polar surface area (TPSA) is 68.2 Å². The normalized spacial score (nSPS) is 25.8. The average molecular weight is 474 g/mol. The molecule has 1 aliphatic carbocycles. The third-order valence-corrected chi connectivity index (χ3v) is 6.89. The Hall–Kier alpha value is -3.19. The Kier molecular flexibility index (Phi) is 7.42. The van der Waals surface area contributed by atoms with Crippen LogP contribution in [0.1, 0.15) is 23.1 Å². The van der Waals surface area contributed by atoms with Gasteiger partial charge in [0.2, 0.25) is 0 Å². The summed E-state index contributed by atoms with van der Waals surface area (Å²) >= 11 is 0. The van der Waals surface area contributed by atoms with Crippen molar-refractivity contribution in [1.82, 2.24) is 4.90 Å². The van der Waals surface area contributed by atoms with Crippen LogP contribution >= 0.6 is 0 Å². The molecule has 2 aliphatic rings. The Morgan fingerprint density at radius 2 is 1.29 bits per heavy atom. The summed E-state index contributed by atoms with van der Waals surface area (Å²) in [7, 11) is 0. The highest BCUT2D eigenvalue weighted by Crippen LogP contribution is 2.39. The molecule has 6 heteroatoms. The van der Waals surface area contributed by atoms with E-state index < -0.39 is 12.2 Å². The predicted octanol–water partition coefficient (Wildman–Crippen LogP) is 4.56. The molecular formula is C29H31NO5. The van der Waals surface area contributed by atoms with Crippen LogP contribution in [0.4, 0.5) is 4.79 Å². The van der Waals surface area contributed by atoms with Crippen molar-refractivity contribution in [2.24, 2.45) is 5.92 Å². The maximum absolute atomic E-state index is 13.0. The van der Waals surface area contributed by atoms with Crippen LogP contribution in [0.15, 0.2) is 91.0 Å². The summed E-state index contributed by atoms with van der Waals surface area (Å²) in [4.78, 5) is 14.8. The number of hydrogen-bond donors (Lipinski definition) is 1. The third kappa shape index (κ3) is 5.40. The van der Waals surface area contributed by atoms with Crippen LogP contribution < -0.4 is 0 Å². The number of aliphatic hydroxyl groups excluding tert-OH is 1. The van der Waals surface area contributed by atoms with Crippen LogP contribution in [0.3, 0.4) is 0 Å². The third-order valence-electron chi connectivity index (χ3n) is 6.89. The van der Waals surface area contributed by atoms with Crippen molar-refractivity contribution in [2.75, 3.05) is 6.61 Å². The summed E-state index contributed by atoms with van der Waals surface area (Å²) in [5.41, 5.74) is 3.11. The second-order valence-corrected chi connectivity index (χ2v) is 9.23. The molecule has 0 aromatic heterocycles. The maximum Gasteiger partial charge on any atom is 0.410 e. The van der Waals surface area contributed by atoms with Gasteiger partial charge in [-0.1, -0.05) is 91.0 Å². The molecule has 1 heterocycles. The second kappa shape index (κ2) is 11.0. The molecule has 35 heavy (non-hydrogen) atoms. The van der Waals surface area contributed by atoms with Crippen LogP contribution in [0, 0.1) is 5.92 Å². The highest BCUT2D eigenvalue weighted by Gasteiger charge is 2.55. The van der Waals surface area contributed by atoms with E-state index in [0.29, 0.717) is 26.2 Å². The molecule has 5 rings (SSSR count). The van der Waals surface area contributed by atoms with Crippen LogP contribution in [-0.4, -0.2) is 47.1 Å². The summed E-state index contributed by atoms with van der Waals surface area (Å²) in [6.45, 7) is 1.15. The minimum absolute atomic E-state index is 0.0654. The smallest absolute Gasteiger partial charge is 0.410 e. The Balaban J connectivity index is 1.43. The van der Waals surface area contributed by atoms with Crippen molar-refractivity contribution < 1.29 is 24.1 Å². The summed E-state index contributed by atoms with van der Waals surface area (Å²) < 4.78 is 18.8. The number of ether oxygens (including phenoxy) is 3. The number of amides is 1. The highest BCUT2D eigenvalue weighted by molar-refractivity contribution is 5.71. The van der Waals surface area contributed by atoms with Crippen LogP contribution in [0.5, 0.6) is 0 Å². The van der Waals surface area contributed by atoms with E-state index in [9.17, 15) is 9.90 Å². The first-order valence-electron chi connectivity index (χ1n) is 12.2. The number of carbonyl (C=O) groups is 1. The Morgan fingerprint density at radius 3 is 1.83 bits per heavy atom. The van der Waals surface area contributed by atoms with Gasteiger partial charge in [-0.2, -0.15) is 0 Å². The van der Waals surface area contributed by atoms with E-state index in [4.69, 9.17) is 14.2 Å². The molecule has 3 aromatic carbocycles. The Bertz CT molecular complexity index is 1080. The van der Waals surface area contributed by atoms with Crippen molar-refractivity contribution in [3.8, 4) is 0 Å². The second-order valence-electron chi connectivity index (χ2n) is 9.23. The number of nitrogens with zero attached hydrogens (tertiary/aromatic N) is 1. The van der Waals surface area contributed by atoms with Crippen LogP contribution in [-0.2, 0) is 34.0 Å². The van der Waals surface area contributed by atoms with Gasteiger partial charge >= 0.3 is 6.09 Å². The van der Waals surface area contributed by atoms with E-state index in [0.717, 1.165) is 16.7 Å². The Morgan fingerprint density at radius 1 is 0.771 bits per heavy atom. The molecule has 3 aromatic rings. The number of fused-ring (bicyclic) bond motifs is 1. The van der Waals surface area contributed by atoms with Crippen LogP contribution in [0.2, 0.25) is 0 Å². The van der Waals surface area contributed by atoms with Gasteiger partial charge in [0, 0.05) is 19.1 Å². The van der Waals surface area contributed by atoms with E-state index in [1.54, 1.807) is 4.90 Å².